The maximum absolute atomic E-state index is 6.39. The van der Waals surface area contributed by atoms with E-state index < -0.39 is 0 Å². The molecule has 0 saturated heterocycles. The summed E-state index contributed by atoms with van der Waals surface area (Å²) in [7, 11) is 1.59. The number of aryl methyl sites for hydroxylation is 1. The van der Waals surface area contributed by atoms with E-state index in [0.717, 1.165) is 5.69 Å². The van der Waals surface area contributed by atoms with Crippen LogP contribution in [0.1, 0.15) is 22.2 Å². The molecule has 2 aromatic heterocycles. The number of hydrogen-bond acceptors (Lipinski definition) is 4. The second kappa shape index (κ2) is 5.47. The van der Waals surface area contributed by atoms with E-state index in [1.807, 2.05) is 6.07 Å². The third-order valence-corrected chi connectivity index (χ3v) is 3.80. The summed E-state index contributed by atoms with van der Waals surface area (Å²) in [6, 6.07) is 1.82. The van der Waals surface area contributed by atoms with Crippen molar-refractivity contribution >= 4 is 22.9 Å². The number of nitrogens with zero attached hydrogens (tertiary/aromatic N) is 2. The van der Waals surface area contributed by atoms with Crippen LogP contribution in [0.15, 0.2) is 23.2 Å². The van der Waals surface area contributed by atoms with Crippen molar-refractivity contribution in [1.29, 1.82) is 0 Å². The summed E-state index contributed by atoms with van der Waals surface area (Å²) in [6.45, 7) is 2.07. The highest BCUT2D eigenvalue weighted by Gasteiger charge is 2.13. The third-order valence-electron chi connectivity index (χ3n) is 2.53. The number of halogens is 1. The molecular weight excluding hydrogens is 256 g/mol. The van der Waals surface area contributed by atoms with Gasteiger partial charge in [-0.05, 0) is 28.8 Å². The molecule has 0 N–H and O–H groups in total. The normalized spacial score (nSPS) is 12.4. The molecule has 2 aromatic rings. The molecular formula is C12H13ClN2OS. The first kappa shape index (κ1) is 12.3. The van der Waals surface area contributed by atoms with Gasteiger partial charge in [0.25, 0.3) is 0 Å². The lowest BCUT2D eigenvalue weighted by Crippen LogP contribution is -2.00. The van der Waals surface area contributed by atoms with Crippen molar-refractivity contribution in [3.8, 4) is 5.88 Å². The Balaban J connectivity index is 2.13. The van der Waals surface area contributed by atoms with Crippen LogP contribution in [0, 0.1) is 6.92 Å². The highest BCUT2D eigenvalue weighted by molar-refractivity contribution is 7.08. The van der Waals surface area contributed by atoms with E-state index in [0.29, 0.717) is 12.3 Å². The molecule has 0 amide bonds. The molecule has 2 heterocycles. The topological polar surface area (TPSA) is 35.0 Å². The second-order valence-electron chi connectivity index (χ2n) is 3.73. The lowest BCUT2D eigenvalue weighted by Gasteiger charge is -2.09. The number of hydrogen-bond donors (Lipinski definition) is 0. The molecule has 0 aliphatic heterocycles. The molecule has 3 nitrogen and oxygen atoms in total. The maximum atomic E-state index is 6.39. The SMILES string of the molecule is COc1cc(CC(Cl)c2cscc2C)ncn1. The van der Waals surface area contributed by atoms with E-state index in [9.17, 15) is 0 Å². The largest absolute Gasteiger partial charge is 0.481 e. The van der Waals surface area contributed by atoms with Crippen molar-refractivity contribution in [3.05, 3.63) is 40.0 Å². The summed E-state index contributed by atoms with van der Waals surface area (Å²) in [5.41, 5.74) is 3.30. The summed E-state index contributed by atoms with van der Waals surface area (Å²) in [5.74, 6) is 0.570. The fraction of sp³-hybridized carbons (Fsp3) is 0.333. The fourth-order valence-corrected chi connectivity index (χ4v) is 2.96. The molecule has 17 heavy (non-hydrogen) atoms. The molecule has 0 spiro atoms. The van der Waals surface area contributed by atoms with Gasteiger partial charge in [0.2, 0.25) is 5.88 Å². The monoisotopic (exact) mass is 268 g/mol. The molecule has 0 bridgehead atoms. The standard InChI is InChI=1S/C12H13ClN2OS/c1-8-5-17-6-10(8)11(13)3-9-4-12(16-2)15-7-14-9/h4-7,11H,3H2,1-2H3. The van der Waals surface area contributed by atoms with Gasteiger partial charge in [0, 0.05) is 18.2 Å². The van der Waals surface area contributed by atoms with Crippen LogP contribution in [0.5, 0.6) is 5.88 Å². The zero-order valence-electron chi connectivity index (χ0n) is 9.68. The van der Waals surface area contributed by atoms with Crippen molar-refractivity contribution in [3.63, 3.8) is 0 Å². The number of methoxy groups -OCH3 is 1. The van der Waals surface area contributed by atoms with Crippen LogP contribution >= 0.6 is 22.9 Å². The molecule has 0 fully saturated rings. The molecule has 0 saturated carbocycles. The molecule has 90 valence electrons. The summed E-state index contributed by atoms with van der Waals surface area (Å²) >= 11 is 8.06. The molecule has 0 radical (unpaired) electrons. The molecule has 1 unspecified atom stereocenters. The van der Waals surface area contributed by atoms with E-state index in [4.69, 9.17) is 16.3 Å². The van der Waals surface area contributed by atoms with Gasteiger partial charge in [-0.2, -0.15) is 11.3 Å². The lowest BCUT2D eigenvalue weighted by atomic mass is 10.1. The first-order valence-electron chi connectivity index (χ1n) is 5.22. The fourth-order valence-electron chi connectivity index (χ4n) is 1.59. The van der Waals surface area contributed by atoms with Crippen molar-refractivity contribution < 1.29 is 4.74 Å². The van der Waals surface area contributed by atoms with E-state index >= 15 is 0 Å². The third kappa shape index (κ3) is 2.96. The van der Waals surface area contributed by atoms with Crippen LogP contribution in [0.3, 0.4) is 0 Å². The molecule has 0 aromatic carbocycles. The Hall–Kier alpha value is -1.13. The predicted molar refractivity (Wildman–Crippen MR) is 69.9 cm³/mol. The van der Waals surface area contributed by atoms with Crippen LogP contribution in [0.25, 0.3) is 0 Å². The van der Waals surface area contributed by atoms with Gasteiger partial charge in [-0.25, -0.2) is 9.97 Å². The minimum Gasteiger partial charge on any atom is -0.481 e. The Labute approximate surface area is 109 Å². The van der Waals surface area contributed by atoms with Gasteiger partial charge in [0.15, 0.2) is 0 Å². The number of thiophene rings is 1. The quantitative estimate of drug-likeness (QED) is 0.798. The van der Waals surface area contributed by atoms with Gasteiger partial charge < -0.3 is 4.74 Å². The van der Waals surface area contributed by atoms with E-state index in [1.165, 1.54) is 17.5 Å². The number of alkyl halides is 1. The van der Waals surface area contributed by atoms with Crippen LogP contribution in [0.4, 0.5) is 0 Å². The minimum atomic E-state index is -0.0548. The number of aromatic nitrogens is 2. The number of ether oxygens (including phenoxy) is 1. The smallest absolute Gasteiger partial charge is 0.216 e. The van der Waals surface area contributed by atoms with Crippen LogP contribution in [0.2, 0.25) is 0 Å². The summed E-state index contributed by atoms with van der Waals surface area (Å²) in [4.78, 5) is 8.17. The zero-order valence-corrected chi connectivity index (χ0v) is 11.3. The van der Waals surface area contributed by atoms with Crippen LogP contribution in [-0.2, 0) is 6.42 Å². The maximum Gasteiger partial charge on any atom is 0.216 e. The Kier molecular flexibility index (Phi) is 3.97. The Morgan fingerprint density at radius 1 is 1.41 bits per heavy atom. The van der Waals surface area contributed by atoms with Crippen LogP contribution < -0.4 is 4.74 Å². The average molecular weight is 269 g/mol. The molecule has 5 heteroatoms. The highest BCUT2D eigenvalue weighted by atomic mass is 35.5. The van der Waals surface area contributed by atoms with Crippen molar-refractivity contribution in [2.24, 2.45) is 0 Å². The Morgan fingerprint density at radius 2 is 2.24 bits per heavy atom. The van der Waals surface area contributed by atoms with Crippen molar-refractivity contribution in [2.45, 2.75) is 18.7 Å². The van der Waals surface area contributed by atoms with E-state index in [-0.39, 0.29) is 5.38 Å². The van der Waals surface area contributed by atoms with Crippen LogP contribution in [-0.4, -0.2) is 17.1 Å². The van der Waals surface area contributed by atoms with Gasteiger partial charge in [-0.3, -0.25) is 0 Å². The van der Waals surface area contributed by atoms with E-state index in [1.54, 1.807) is 18.4 Å². The first-order chi connectivity index (χ1) is 8.20. The second-order valence-corrected chi connectivity index (χ2v) is 5.00. The van der Waals surface area contributed by atoms with Gasteiger partial charge in [-0.15, -0.1) is 11.6 Å². The first-order valence-corrected chi connectivity index (χ1v) is 6.60. The molecule has 0 aliphatic carbocycles. The Morgan fingerprint density at radius 3 is 2.88 bits per heavy atom. The van der Waals surface area contributed by atoms with Gasteiger partial charge >= 0.3 is 0 Å². The molecule has 0 aliphatic rings. The van der Waals surface area contributed by atoms with Crippen molar-refractivity contribution in [1.82, 2.24) is 9.97 Å². The Bertz CT molecular complexity index is 501. The zero-order chi connectivity index (χ0) is 12.3. The van der Waals surface area contributed by atoms with E-state index in [2.05, 4.69) is 27.7 Å². The summed E-state index contributed by atoms with van der Waals surface area (Å²) in [6.07, 6.45) is 2.18. The minimum absolute atomic E-state index is 0.0548. The molecule has 1 atom stereocenters. The highest BCUT2D eigenvalue weighted by Crippen LogP contribution is 2.29. The molecule has 2 rings (SSSR count). The average Bonchev–Trinajstić information content (AvgIpc) is 2.76. The van der Waals surface area contributed by atoms with Gasteiger partial charge in [0.1, 0.15) is 6.33 Å². The van der Waals surface area contributed by atoms with Crippen molar-refractivity contribution in [2.75, 3.05) is 7.11 Å². The predicted octanol–water partition coefficient (Wildman–Crippen LogP) is 3.38. The summed E-state index contributed by atoms with van der Waals surface area (Å²) < 4.78 is 5.06. The lowest BCUT2D eigenvalue weighted by molar-refractivity contribution is 0.396. The van der Waals surface area contributed by atoms with Gasteiger partial charge in [-0.1, -0.05) is 0 Å². The number of rotatable bonds is 4. The summed E-state index contributed by atoms with van der Waals surface area (Å²) in [5, 5.41) is 4.14. The van der Waals surface area contributed by atoms with Gasteiger partial charge in [0.05, 0.1) is 12.5 Å².